The van der Waals surface area contributed by atoms with E-state index in [4.69, 9.17) is 12.2 Å². The van der Waals surface area contributed by atoms with E-state index in [1.54, 1.807) is 0 Å². The molecule has 0 fully saturated rings. The first kappa shape index (κ1) is 18.0. The molecule has 0 spiro atoms. The van der Waals surface area contributed by atoms with Gasteiger partial charge in [0.25, 0.3) is 0 Å². The second-order valence-electron chi connectivity index (χ2n) is 5.98. The molecular weight excluding hydrogens is 350 g/mol. The predicted molar refractivity (Wildman–Crippen MR) is 105 cm³/mol. The fourth-order valence-electron chi connectivity index (χ4n) is 2.73. The summed E-state index contributed by atoms with van der Waals surface area (Å²) in [5.74, 6) is -1.32. The molecule has 0 aliphatic carbocycles. The van der Waals surface area contributed by atoms with Gasteiger partial charge in [-0.25, -0.2) is 8.78 Å². The lowest BCUT2D eigenvalue weighted by atomic mass is 9.97. The number of halogens is 2. The number of anilines is 1. The first-order chi connectivity index (χ1) is 12.5. The molecule has 0 aliphatic heterocycles. The third kappa shape index (κ3) is 4.43. The summed E-state index contributed by atoms with van der Waals surface area (Å²) in [4.78, 5) is 0. The van der Waals surface area contributed by atoms with Gasteiger partial charge in [0.15, 0.2) is 5.11 Å². The van der Waals surface area contributed by atoms with E-state index in [0.717, 1.165) is 22.8 Å². The minimum Gasteiger partial charge on any atom is -0.352 e. The number of hydrogen-bond donors (Lipinski definition) is 2. The first-order valence-electron chi connectivity index (χ1n) is 8.17. The van der Waals surface area contributed by atoms with E-state index < -0.39 is 11.6 Å². The molecule has 3 aromatic rings. The number of benzene rings is 3. The Bertz CT molecular complexity index is 913. The van der Waals surface area contributed by atoms with Crippen molar-refractivity contribution in [3.8, 4) is 0 Å². The monoisotopic (exact) mass is 368 g/mol. The molecule has 0 bridgehead atoms. The summed E-state index contributed by atoms with van der Waals surface area (Å²) >= 11 is 5.35. The van der Waals surface area contributed by atoms with E-state index in [1.165, 1.54) is 12.1 Å². The molecular formula is C21H18F2N2S. The molecule has 5 heteroatoms. The van der Waals surface area contributed by atoms with Crippen molar-refractivity contribution >= 4 is 23.0 Å². The van der Waals surface area contributed by atoms with Gasteiger partial charge in [0.2, 0.25) is 0 Å². The van der Waals surface area contributed by atoms with Crippen molar-refractivity contribution in [3.63, 3.8) is 0 Å². The Kier molecular flexibility index (Phi) is 5.58. The van der Waals surface area contributed by atoms with Crippen molar-refractivity contribution in [3.05, 3.63) is 101 Å². The Morgan fingerprint density at radius 2 is 1.62 bits per heavy atom. The van der Waals surface area contributed by atoms with Crippen LogP contribution in [0.25, 0.3) is 0 Å². The van der Waals surface area contributed by atoms with Crippen LogP contribution in [0.5, 0.6) is 0 Å². The SMILES string of the molecule is Cc1cccc([C@H](NC(=S)Nc2ccc(F)cc2F)c2ccccc2)c1. The van der Waals surface area contributed by atoms with E-state index in [-0.39, 0.29) is 16.8 Å². The van der Waals surface area contributed by atoms with E-state index >= 15 is 0 Å². The smallest absolute Gasteiger partial charge is 0.171 e. The highest BCUT2D eigenvalue weighted by atomic mass is 32.1. The van der Waals surface area contributed by atoms with Gasteiger partial charge in [-0.1, -0.05) is 60.2 Å². The summed E-state index contributed by atoms with van der Waals surface area (Å²) in [6.07, 6.45) is 0. The van der Waals surface area contributed by atoms with Crippen LogP contribution >= 0.6 is 12.2 Å². The molecule has 132 valence electrons. The summed E-state index contributed by atoms with van der Waals surface area (Å²) in [6, 6.07) is 21.1. The summed E-state index contributed by atoms with van der Waals surface area (Å²) in [6.45, 7) is 2.02. The Morgan fingerprint density at radius 3 is 2.31 bits per heavy atom. The fourth-order valence-corrected chi connectivity index (χ4v) is 2.96. The zero-order valence-corrected chi connectivity index (χ0v) is 15.0. The van der Waals surface area contributed by atoms with Crippen LogP contribution in [0.1, 0.15) is 22.7 Å². The second kappa shape index (κ2) is 8.06. The van der Waals surface area contributed by atoms with E-state index in [1.807, 2.05) is 55.5 Å². The zero-order valence-electron chi connectivity index (χ0n) is 14.2. The van der Waals surface area contributed by atoms with Crippen molar-refractivity contribution in [2.45, 2.75) is 13.0 Å². The molecule has 2 nitrogen and oxygen atoms in total. The van der Waals surface area contributed by atoms with E-state index in [2.05, 4.69) is 16.7 Å². The molecule has 26 heavy (non-hydrogen) atoms. The standard InChI is InChI=1S/C21H18F2N2S/c1-14-6-5-9-16(12-14)20(15-7-3-2-4-8-15)25-21(26)24-19-11-10-17(22)13-18(19)23/h2-13,20H,1H3,(H2,24,25,26)/t20-/m1/s1. The maximum atomic E-state index is 13.9. The minimum absolute atomic E-state index is 0.125. The third-order valence-electron chi connectivity index (χ3n) is 3.96. The van der Waals surface area contributed by atoms with Gasteiger partial charge in [0.1, 0.15) is 11.6 Å². The molecule has 0 heterocycles. The molecule has 1 atom stereocenters. The van der Waals surface area contributed by atoms with Gasteiger partial charge in [-0.3, -0.25) is 0 Å². The molecule has 0 saturated heterocycles. The highest BCUT2D eigenvalue weighted by Gasteiger charge is 2.16. The maximum absolute atomic E-state index is 13.9. The van der Waals surface area contributed by atoms with Crippen LogP contribution in [-0.2, 0) is 0 Å². The molecule has 0 aromatic heterocycles. The summed E-state index contributed by atoms with van der Waals surface area (Å²) < 4.78 is 26.9. The van der Waals surface area contributed by atoms with Gasteiger partial charge in [-0.05, 0) is 42.4 Å². The molecule has 0 saturated carbocycles. The van der Waals surface area contributed by atoms with Crippen LogP contribution in [0.2, 0.25) is 0 Å². The topological polar surface area (TPSA) is 24.1 Å². The Labute approximate surface area is 156 Å². The van der Waals surface area contributed by atoms with Crippen molar-refractivity contribution < 1.29 is 8.78 Å². The van der Waals surface area contributed by atoms with Crippen molar-refractivity contribution in [2.75, 3.05) is 5.32 Å². The number of rotatable bonds is 4. The number of thiocarbonyl (C=S) groups is 1. The Hall–Kier alpha value is -2.79. The fraction of sp³-hybridized carbons (Fsp3) is 0.0952. The van der Waals surface area contributed by atoms with Gasteiger partial charge in [-0.2, -0.15) is 0 Å². The Balaban J connectivity index is 1.85. The molecule has 2 N–H and O–H groups in total. The zero-order chi connectivity index (χ0) is 18.5. The lowest BCUT2D eigenvalue weighted by Crippen LogP contribution is -2.33. The second-order valence-corrected chi connectivity index (χ2v) is 6.39. The van der Waals surface area contributed by atoms with Crippen LogP contribution < -0.4 is 10.6 Å². The quantitative estimate of drug-likeness (QED) is 0.607. The van der Waals surface area contributed by atoms with Crippen molar-refractivity contribution in [1.82, 2.24) is 5.32 Å². The predicted octanol–water partition coefficient (Wildman–Crippen LogP) is 5.35. The lowest BCUT2D eigenvalue weighted by Gasteiger charge is -2.22. The first-order valence-corrected chi connectivity index (χ1v) is 8.58. The molecule has 0 radical (unpaired) electrons. The Morgan fingerprint density at radius 1 is 0.885 bits per heavy atom. The highest BCUT2D eigenvalue weighted by Crippen LogP contribution is 2.23. The highest BCUT2D eigenvalue weighted by molar-refractivity contribution is 7.80. The lowest BCUT2D eigenvalue weighted by molar-refractivity contribution is 0.586. The van der Waals surface area contributed by atoms with Crippen LogP contribution in [0.3, 0.4) is 0 Å². The van der Waals surface area contributed by atoms with Crippen LogP contribution in [0.4, 0.5) is 14.5 Å². The van der Waals surface area contributed by atoms with Crippen LogP contribution in [0.15, 0.2) is 72.8 Å². The van der Waals surface area contributed by atoms with Gasteiger partial charge in [0, 0.05) is 6.07 Å². The molecule has 0 aliphatic rings. The van der Waals surface area contributed by atoms with Gasteiger partial charge in [0.05, 0.1) is 11.7 Å². The average Bonchev–Trinajstić information content (AvgIpc) is 2.63. The summed E-state index contributed by atoms with van der Waals surface area (Å²) in [5, 5.41) is 6.28. The maximum Gasteiger partial charge on any atom is 0.171 e. The normalized spacial score (nSPS) is 11.7. The van der Waals surface area contributed by atoms with E-state index in [0.29, 0.717) is 0 Å². The molecule has 3 aromatic carbocycles. The number of nitrogens with one attached hydrogen (secondary N) is 2. The minimum atomic E-state index is -0.694. The van der Waals surface area contributed by atoms with Gasteiger partial charge < -0.3 is 10.6 Å². The molecule has 3 rings (SSSR count). The van der Waals surface area contributed by atoms with Crippen LogP contribution in [0, 0.1) is 18.6 Å². The van der Waals surface area contributed by atoms with Gasteiger partial charge in [-0.15, -0.1) is 0 Å². The van der Waals surface area contributed by atoms with E-state index in [9.17, 15) is 8.78 Å². The third-order valence-corrected chi connectivity index (χ3v) is 4.18. The van der Waals surface area contributed by atoms with Crippen molar-refractivity contribution in [1.29, 1.82) is 0 Å². The molecule has 0 unspecified atom stereocenters. The van der Waals surface area contributed by atoms with Crippen molar-refractivity contribution in [2.24, 2.45) is 0 Å². The number of hydrogen-bond acceptors (Lipinski definition) is 1. The number of aryl methyl sites for hydroxylation is 1. The average molecular weight is 368 g/mol. The summed E-state index contributed by atoms with van der Waals surface area (Å²) in [5.41, 5.74) is 3.33. The summed E-state index contributed by atoms with van der Waals surface area (Å²) in [7, 11) is 0. The molecule has 0 amide bonds. The largest absolute Gasteiger partial charge is 0.352 e. The van der Waals surface area contributed by atoms with Crippen LogP contribution in [-0.4, -0.2) is 5.11 Å². The van der Waals surface area contributed by atoms with Gasteiger partial charge >= 0.3 is 0 Å².